The van der Waals surface area contributed by atoms with Gasteiger partial charge in [0.1, 0.15) is 17.1 Å². The number of hydrogen-bond acceptors (Lipinski definition) is 5. The van der Waals surface area contributed by atoms with Gasteiger partial charge in [0, 0.05) is 12.8 Å². The average Bonchev–Trinajstić information content (AvgIpc) is 2.59. The smallest absolute Gasteiger partial charge is 0.330 e. The van der Waals surface area contributed by atoms with Crippen LogP contribution < -0.4 is 11.2 Å². The van der Waals surface area contributed by atoms with Crippen LogP contribution in [0.25, 0.3) is 11.2 Å². The molecule has 0 unspecified atom stereocenters. The number of H-pyrrole nitrogens is 2. The van der Waals surface area contributed by atoms with Crippen LogP contribution >= 0.6 is 0 Å². The topological polar surface area (TPSA) is 118 Å². The van der Waals surface area contributed by atoms with E-state index in [0.29, 0.717) is 6.54 Å². The van der Waals surface area contributed by atoms with Crippen LogP contribution in [-0.2, 0) is 22.1 Å². The van der Waals surface area contributed by atoms with E-state index in [1.807, 2.05) is 0 Å². The predicted octanol–water partition coefficient (Wildman–Crippen LogP) is -1.02. The summed E-state index contributed by atoms with van der Waals surface area (Å²) >= 11 is 0. The first kappa shape index (κ1) is 12.6. The number of nitrogens with zero attached hydrogens (tertiary/aromatic N) is 2. The fraction of sp³-hybridized carbons (Fsp3) is 0.444. The first-order valence-electron chi connectivity index (χ1n) is 5.21. The molecule has 0 atom stereocenters. The summed E-state index contributed by atoms with van der Waals surface area (Å²) in [4.78, 5) is 31.8. The lowest BCUT2D eigenvalue weighted by Gasteiger charge is -1.99. The Labute approximate surface area is 102 Å². The van der Waals surface area contributed by atoms with Crippen LogP contribution in [0.4, 0.5) is 0 Å². The lowest BCUT2D eigenvalue weighted by atomic mass is 10.5. The zero-order valence-corrected chi connectivity index (χ0v) is 10.7. The third-order valence-electron chi connectivity index (χ3n) is 2.40. The lowest BCUT2D eigenvalue weighted by Crippen LogP contribution is -2.29. The Bertz CT molecular complexity index is 811. The van der Waals surface area contributed by atoms with Crippen molar-refractivity contribution in [3.05, 3.63) is 26.7 Å². The number of fused-ring (bicyclic) bond motifs is 1. The van der Waals surface area contributed by atoms with Crippen LogP contribution in [0.3, 0.4) is 0 Å². The highest BCUT2D eigenvalue weighted by molar-refractivity contribution is 7.89. The Morgan fingerprint density at radius 1 is 1.28 bits per heavy atom. The van der Waals surface area contributed by atoms with Crippen molar-refractivity contribution in [3.63, 3.8) is 0 Å². The lowest BCUT2D eigenvalue weighted by molar-refractivity contribution is 0.600. The zero-order valence-electron chi connectivity index (χ0n) is 9.85. The molecule has 0 radical (unpaired) electrons. The molecular weight excluding hydrogens is 260 g/mol. The number of rotatable bonds is 3. The number of aromatic nitrogens is 4. The zero-order chi connectivity index (χ0) is 13.5. The molecule has 0 fully saturated rings. The van der Waals surface area contributed by atoms with Gasteiger partial charge in [0.25, 0.3) is 5.56 Å². The molecule has 0 spiro atoms. The number of nitrogens with one attached hydrogen (secondary N) is 2. The van der Waals surface area contributed by atoms with Gasteiger partial charge >= 0.3 is 5.69 Å². The summed E-state index contributed by atoms with van der Waals surface area (Å²) in [6.07, 6.45) is 1.07. The monoisotopic (exact) mass is 272 g/mol. The molecule has 98 valence electrons. The summed E-state index contributed by atoms with van der Waals surface area (Å²) in [6.45, 7) is 2.05. The number of imidazole rings is 1. The third-order valence-corrected chi connectivity index (χ3v) is 3.20. The van der Waals surface area contributed by atoms with Crippen molar-refractivity contribution >= 4 is 21.0 Å². The third kappa shape index (κ3) is 2.21. The Morgan fingerprint density at radius 2 is 1.94 bits per heavy atom. The van der Waals surface area contributed by atoms with E-state index in [1.54, 1.807) is 6.92 Å². The molecule has 2 aromatic rings. The van der Waals surface area contributed by atoms with Gasteiger partial charge in [-0.25, -0.2) is 18.2 Å². The second-order valence-electron chi connectivity index (χ2n) is 3.96. The van der Waals surface area contributed by atoms with Crippen molar-refractivity contribution in [1.29, 1.82) is 0 Å². The summed E-state index contributed by atoms with van der Waals surface area (Å²) in [5, 5.41) is 0. The normalized spacial score (nSPS) is 12.1. The molecule has 2 heterocycles. The molecule has 0 amide bonds. The van der Waals surface area contributed by atoms with E-state index in [1.165, 1.54) is 4.57 Å². The number of aryl methyl sites for hydroxylation is 1. The molecule has 8 nitrogen and oxygen atoms in total. The first-order valence-corrected chi connectivity index (χ1v) is 7.27. The SMILES string of the molecule is CCn1c(=O)[nH]c(=O)c2[nH]c(CS(C)(=O)=O)nc21. The molecule has 9 heteroatoms. The summed E-state index contributed by atoms with van der Waals surface area (Å²) in [6, 6.07) is 0. The maximum absolute atomic E-state index is 11.6. The average molecular weight is 272 g/mol. The molecule has 0 saturated carbocycles. The van der Waals surface area contributed by atoms with Gasteiger partial charge < -0.3 is 4.98 Å². The van der Waals surface area contributed by atoms with Gasteiger partial charge in [-0.15, -0.1) is 0 Å². The van der Waals surface area contributed by atoms with E-state index in [9.17, 15) is 18.0 Å². The van der Waals surface area contributed by atoms with E-state index < -0.39 is 21.1 Å². The highest BCUT2D eigenvalue weighted by Gasteiger charge is 2.14. The molecule has 0 aliphatic heterocycles. The fourth-order valence-electron chi connectivity index (χ4n) is 1.70. The van der Waals surface area contributed by atoms with Gasteiger partial charge in [-0.1, -0.05) is 0 Å². The van der Waals surface area contributed by atoms with Gasteiger partial charge in [0.15, 0.2) is 15.5 Å². The minimum atomic E-state index is -3.26. The molecule has 0 aromatic carbocycles. The van der Waals surface area contributed by atoms with E-state index >= 15 is 0 Å². The highest BCUT2D eigenvalue weighted by Crippen LogP contribution is 2.07. The van der Waals surface area contributed by atoms with Crippen molar-refractivity contribution in [1.82, 2.24) is 19.5 Å². The minimum absolute atomic E-state index is 0.107. The van der Waals surface area contributed by atoms with E-state index in [4.69, 9.17) is 0 Å². The number of sulfone groups is 1. The molecule has 0 aliphatic rings. The van der Waals surface area contributed by atoms with Gasteiger partial charge in [-0.05, 0) is 6.92 Å². The van der Waals surface area contributed by atoms with Crippen molar-refractivity contribution in [2.24, 2.45) is 0 Å². The Balaban J connectivity index is 2.75. The molecular formula is C9H12N4O4S. The highest BCUT2D eigenvalue weighted by atomic mass is 32.2. The van der Waals surface area contributed by atoms with Crippen molar-refractivity contribution in [2.75, 3.05) is 6.26 Å². The van der Waals surface area contributed by atoms with Crippen molar-refractivity contribution in [2.45, 2.75) is 19.2 Å². The molecule has 18 heavy (non-hydrogen) atoms. The van der Waals surface area contributed by atoms with E-state index in [2.05, 4.69) is 15.0 Å². The summed E-state index contributed by atoms with van der Waals surface area (Å²) in [5.74, 6) is -0.162. The second kappa shape index (κ2) is 4.09. The summed E-state index contributed by atoms with van der Waals surface area (Å²) < 4.78 is 23.6. The van der Waals surface area contributed by atoms with Crippen LogP contribution in [0.15, 0.2) is 9.59 Å². The molecule has 2 rings (SSSR count). The van der Waals surface area contributed by atoms with Gasteiger partial charge in [0.05, 0.1) is 0 Å². The minimum Gasteiger partial charge on any atom is -0.335 e. The Kier molecular flexibility index (Phi) is 2.85. The van der Waals surface area contributed by atoms with Crippen molar-refractivity contribution in [3.8, 4) is 0 Å². The van der Waals surface area contributed by atoms with E-state index in [-0.39, 0.29) is 22.7 Å². The van der Waals surface area contributed by atoms with Gasteiger partial charge in [0.2, 0.25) is 0 Å². The molecule has 0 saturated heterocycles. The fourth-order valence-corrected chi connectivity index (χ4v) is 2.33. The van der Waals surface area contributed by atoms with Crippen LogP contribution in [0.5, 0.6) is 0 Å². The van der Waals surface area contributed by atoms with Gasteiger partial charge in [-0.2, -0.15) is 0 Å². The Hall–Kier alpha value is -1.90. The molecule has 0 bridgehead atoms. The van der Waals surface area contributed by atoms with Crippen LogP contribution in [0, 0.1) is 0 Å². The van der Waals surface area contributed by atoms with Crippen LogP contribution in [0.1, 0.15) is 12.7 Å². The van der Waals surface area contributed by atoms with Crippen LogP contribution in [0.2, 0.25) is 0 Å². The second-order valence-corrected chi connectivity index (χ2v) is 6.10. The predicted molar refractivity (Wildman–Crippen MR) is 65.2 cm³/mol. The summed E-state index contributed by atoms with van der Waals surface area (Å²) in [5.41, 5.74) is -0.889. The maximum atomic E-state index is 11.6. The van der Waals surface area contributed by atoms with Crippen LogP contribution in [-0.4, -0.2) is 34.2 Å². The molecule has 2 N–H and O–H groups in total. The quantitative estimate of drug-likeness (QED) is 0.741. The first-order chi connectivity index (χ1) is 8.31. The van der Waals surface area contributed by atoms with Gasteiger partial charge in [-0.3, -0.25) is 14.3 Å². The largest absolute Gasteiger partial charge is 0.335 e. The molecule has 0 aliphatic carbocycles. The summed E-state index contributed by atoms with van der Waals surface area (Å²) in [7, 11) is -3.26. The molecule has 2 aromatic heterocycles. The maximum Gasteiger partial charge on any atom is 0.330 e. The number of aromatic amines is 2. The standard InChI is InChI=1S/C9H12N4O4S/c1-3-13-7-6(8(14)12-9(13)15)10-5(11-7)4-18(2,16)17/h3-4H2,1-2H3,(H,10,11)(H,12,14,15). The Morgan fingerprint density at radius 3 is 2.50 bits per heavy atom. The number of hydrogen-bond donors (Lipinski definition) is 2. The van der Waals surface area contributed by atoms with E-state index in [0.717, 1.165) is 6.26 Å². The van der Waals surface area contributed by atoms with Crippen molar-refractivity contribution < 1.29 is 8.42 Å².